The van der Waals surface area contributed by atoms with Crippen LogP contribution in [0.2, 0.25) is 0 Å². The van der Waals surface area contributed by atoms with Crippen molar-refractivity contribution >= 4 is 5.97 Å². The van der Waals surface area contributed by atoms with E-state index in [4.69, 9.17) is 5.11 Å². The average Bonchev–Trinajstić information content (AvgIpc) is 2.51. The summed E-state index contributed by atoms with van der Waals surface area (Å²) in [5, 5.41) is 9.13. The number of carboxylic acids is 1. The Kier molecular flexibility index (Phi) is 3.31. The molecule has 17 heavy (non-hydrogen) atoms. The van der Waals surface area contributed by atoms with Gasteiger partial charge in [0.25, 0.3) is 5.56 Å². The number of aromatic amines is 1. The molecule has 0 saturated heterocycles. The minimum Gasteiger partial charge on any atom is -0.477 e. The van der Waals surface area contributed by atoms with E-state index in [1.165, 1.54) is 0 Å². The Labute approximate surface area is 99.7 Å². The lowest BCUT2D eigenvalue weighted by Crippen LogP contribution is -2.24. The fourth-order valence-electron chi connectivity index (χ4n) is 2.66. The van der Waals surface area contributed by atoms with Crippen molar-refractivity contribution < 1.29 is 9.90 Å². The van der Waals surface area contributed by atoms with Crippen LogP contribution in [0.1, 0.15) is 53.4 Å². The molecule has 1 aliphatic rings. The largest absolute Gasteiger partial charge is 0.477 e. The Balaban J connectivity index is 2.68. The number of carboxylic acid groups (broad SMARTS) is 1. The van der Waals surface area contributed by atoms with Crippen molar-refractivity contribution in [1.82, 2.24) is 4.98 Å². The van der Waals surface area contributed by atoms with Crippen molar-refractivity contribution in [2.45, 2.75) is 45.4 Å². The first-order valence-corrected chi connectivity index (χ1v) is 6.15. The first-order valence-electron chi connectivity index (χ1n) is 6.15. The van der Waals surface area contributed by atoms with Crippen LogP contribution in [0.5, 0.6) is 0 Å². The van der Waals surface area contributed by atoms with Crippen LogP contribution in [-0.4, -0.2) is 16.1 Å². The third kappa shape index (κ3) is 2.12. The molecule has 4 nitrogen and oxygen atoms in total. The summed E-state index contributed by atoms with van der Waals surface area (Å²) in [6.45, 7) is 1.91. The smallest absolute Gasteiger partial charge is 0.341 e. The topological polar surface area (TPSA) is 70.2 Å². The van der Waals surface area contributed by atoms with E-state index < -0.39 is 11.5 Å². The number of aromatic nitrogens is 1. The summed E-state index contributed by atoms with van der Waals surface area (Å²) < 4.78 is 0. The maximum absolute atomic E-state index is 11.8. The normalized spacial score (nSPS) is 15.1. The molecule has 0 fully saturated rings. The quantitative estimate of drug-likeness (QED) is 0.769. The van der Waals surface area contributed by atoms with E-state index in [-0.39, 0.29) is 5.56 Å². The monoisotopic (exact) mass is 235 g/mol. The molecule has 0 saturated carbocycles. The minimum atomic E-state index is -1.12. The highest BCUT2D eigenvalue weighted by atomic mass is 16.4. The molecule has 1 aromatic heterocycles. The summed E-state index contributed by atoms with van der Waals surface area (Å²) in [7, 11) is 0. The first-order chi connectivity index (χ1) is 8.15. The summed E-state index contributed by atoms with van der Waals surface area (Å²) in [5.41, 5.74) is 2.25. The van der Waals surface area contributed by atoms with Gasteiger partial charge in [-0.1, -0.05) is 13.3 Å². The fraction of sp³-hybridized carbons (Fsp3) is 0.538. The summed E-state index contributed by atoms with van der Waals surface area (Å²) in [6.07, 6.45) is 5.63. The summed E-state index contributed by atoms with van der Waals surface area (Å²) in [4.78, 5) is 25.7. The first kappa shape index (κ1) is 11.9. The number of nitrogens with one attached hydrogen (secondary N) is 1. The average molecular weight is 235 g/mol. The van der Waals surface area contributed by atoms with Gasteiger partial charge in [0.1, 0.15) is 5.56 Å². The van der Waals surface area contributed by atoms with E-state index in [1.54, 1.807) is 0 Å². The van der Waals surface area contributed by atoms with Gasteiger partial charge in [-0.15, -0.1) is 0 Å². The second-order valence-electron chi connectivity index (χ2n) is 4.48. The zero-order valence-electron chi connectivity index (χ0n) is 10.0. The molecule has 0 spiro atoms. The van der Waals surface area contributed by atoms with Crippen molar-refractivity contribution in [3.63, 3.8) is 0 Å². The van der Waals surface area contributed by atoms with Gasteiger partial charge in [0.05, 0.1) is 0 Å². The molecule has 2 N–H and O–H groups in total. The summed E-state index contributed by atoms with van der Waals surface area (Å²) in [5.74, 6) is -1.12. The van der Waals surface area contributed by atoms with Crippen molar-refractivity contribution in [2.75, 3.05) is 0 Å². The number of carbonyl (C=O) groups is 1. The zero-order valence-corrected chi connectivity index (χ0v) is 10.0. The lowest BCUT2D eigenvalue weighted by molar-refractivity contribution is 0.0693. The van der Waals surface area contributed by atoms with Gasteiger partial charge in [-0.3, -0.25) is 4.79 Å². The molecule has 92 valence electrons. The van der Waals surface area contributed by atoms with Crippen molar-refractivity contribution in [3.05, 3.63) is 32.7 Å². The van der Waals surface area contributed by atoms with Gasteiger partial charge in [0.15, 0.2) is 0 Å². The highest BCUT2D eigenvalue weighted by molar-refractivity contribution is 5.89. The maximum atomic E-state index is 11.8. The molecule has 0 unspecified atom stereocenters. The molecule has 1 aromatic rings. The van der Waals surface area contributed by atoms with Crippen molar-refractivity contribution in [3.8, 4) is 0 Å². The number of rotatable bonds is 2. The number of hydrogen-bond donors (Lipinski definition) is 2. The highest BCUT2D eigenvalue weighted by Gasteiger charge is 2.21. The minimum absolute atomic E-state index is 0.0619. The second-order valence-corrected chi connectivity index (χ2v) is 4.48. The Morgan fingerprint density at radius 1 is 1.29 bits per heavy atom. The van der Waals surface area contributed by atoms with Gasteiger partial charge in [-0.05, 0) is 43.2 Å². The summed E-state index contributed by atoms with van der Waals surface area (Å²) in [6, 6.07) is 0. The lowest BCUT2D eigenvalue weighted by Gasteiger charge is -2.13. The number of aromatic carboxylic acids is 1. The molecule has 1 heterocycles. The SMILES string of the molecule is CCc1c2c([nH]c(=O)c1C(=O)O)CCCCC2. The molecule has 0 aliphatic heterocycles. The second kappa shape index (κ2) is 4.73. The molecule has 0 bridgehead atoms. The van der Waals surface area contributed by atoms with Crippen LogP contribution in [-0.2, 0) is 19.3 Å². The van der Waals surface area contributed by atoms with E-state index in [9.17, 15) is 9.59 Å². The maximum Gasteiger partial charge on any atom is 0.341 e. The number of pyridine rings is 1. The van der Waals surface area contributed by atoms with E-state index in [1.807, 2.05) is 6.92 Å². The predicted molar refractivity (Wildman–Crippen MR) is 64.7 cm³/mol. The van der Waals surface area contributed by atoms with E-state index in [0.29, 0.717) is 6.42 Å². The number of H-pyrrole nitrogens is 1. The molecular formula is C13H17NO3. The molecular weight excluding hydrogens is 218 g/mol. The number of fused-ring (bicyclic) bond motifs is 1. The van der Waals surface area contributed by atoms with E-state index in [2.05, 4.69) is 4.98 Å². The number of aryl methyl sites for hydroxylation is 1. The van der Waals surface area contributed by atoms with Crippen molar-refractivity contribution in [2.24, 2.45) is 0 Å². The molecule has 1 aliphatic carbocycles. The molecule has 0 atom stereocenters. The van der Waals surface area contributed by atoms with Crippen LogP contribution in [0, 0.1) is 0 Å². The van der Waals surface area contributed by atoms with Crippen LogP contribution >= 0.6 is 0 Å². The Bertz CT molecular complexity index is 502. The Hall–Kier alpha value is -1.58. The van der Waals surface area contributed by atoms with E-state index in [0.717, 1.165) is 48.9 Å². The molecule has 0 radical (unpaired) electrons. The Morgan fingerprint density at radius 3 is 2.65 bits per heavy atom. The van der Waals surface area contributed by atoms with Gasteiger partial charge < -0.3 is 10.1 Å². The Morgan fingerprint density at radius 2 is 2.00 bits per heavy atom. The fourth-order valence-corrected chi connectivity index (χ4v) is 2.66. The predicted octanol–water partition coefficient (Wildman–Crippen LogP) is 1.90. The summed E-state index contributed by atoms with van der Waals surface area (Å²) >= 11 is 0. The van der Waals surface area contributed by atoms with Gasteiger partial charge >= 0.3 is 5.97 Å². The van der Waals surface area contributed by atoms with Crippen LogP contribution < -0.4 is 5.56 Å². The van der Waals surface area contributed by atoms with Crippen LogP contribution in [0.15, 0.2) is 4.79 Å². The van der Waals surface area contributed by atoms with Gasteiger partial charge in [-0.2, -0.15) is 0 Å². The van der Waals surface area contributed by atoms with Crippen LogP contribution in [0.25, 0.3) is 0 Å². The van der Waals surface area contributed by atoms with E-state index >= 15 is 0 Å². The lowest BCUT2D eigenvalue weighted by atomic mass is 9.95. The number of hydrogen-bond acceptors (Lipinski definition) is 2. The molecule has 0 amide bonds. The van der Waals surface area contributed by atoms with Crippen LogP contribution in [0.3, 0.4) is 0 Å². The van der Waals surface area contributed by atoms with Gasteiger partial charge in [0.2, 0.25) is 0 Å². The van der Waals surface area contributed by atoms with Crippen LogP contribution in [0.4, 0.5) is 0 Å². The molecule has 4 heteroatoms. The third-order valence-corrected chi connectivity index (χ3v) is 3.44. The molecule has 0 aromatic carbocycles. The standard InChI is InChI=1S/C13H17NO3/c1-2-8-9-6-4-3-5-7-10(9)14-12(15)11(8)13(16)17/h2-7H2,1H3,(H,14,15)(H,16,17). The third-order valence-electron chi connectivity index (χ3n) is 3.44. The zero-order chi connectivity index (χ0) is 12.4. The highest BCUT2D eigenvalue weighted by Crippen LogP contribution is 2.23. The van der Waals surface area contributed by atoms with Gasteiger partial charge in [0, 0.05) is 5.69 Å². The van der Waals surface area contributed by atoms with Gasteiger partial charge in [-0.25, -0.2) is 4.79 Å². The molecule has 2 rings (SSSR count). The van der Waals surface area contributed by atoms with Crippen molar-refractivity contribution in [1.29, 1.82) is 0 Å².